The first-order chi connectivity index (χ1) is 10.8. The zero-order chi connectivity index (χ0) is 15.4. The molecule has 2 N–H and O–H groups in total. The molecule has 5 heteroatoms. The predicted octanol–water partition coefficient (Wildman–Crippen LogP) is 2.27. The van der Waals surface area contributed by atoms with Crippen molar-refractivity contribution in [3.8, 4) is 0 Å². The van der Waals surface area contributed by atoms with Crippen LogP contribution in [0.15, 0.2) is 42.7 Å². The third-order valence-corrected chi connectivity index (χ3v) is 3.99. The first-order valence-corrected chi connectivity index (χ1v) is 7.33. The number of ether oxygens (including phenoxy) is 1. The van der Waals surface area contributed by atoms with Gasteiger partial charge in [-0.25, -0.2) is 5.48 Å². The van der Waals surface area contributed by atoms with Crippen molar-refractivity contribution in [1.29, 1.82) is 0 Å². The van der Waals surface area contributed by atoms with Crippen molar-refractivity contribution in [2.45, 2.75) is 32.0 Å². The summed E-state index contributed by atoms with van der Waals surface area (Å²) in [6, 6.07) is 9.44. The van der Waals surface area contributed by atoms with Gasteiger partial charge in [0.15, 0.2) is 0 Å². The van der Waals surface area contributed by atoms with Crippen LogP contribution in [0.1, 0.15) is 33.5 Å². The number of hydroxylamine groups is 1. The van der Waals surface area contributed by atoms with Gasteiger partial charge in [-0.2, -0.15) is 0 Å². The smallest absolute Gasteiger partial charge is 0.274 e. The van der Waals surface area contributed by atoms with Crippen molar-refractivity contribution >= 4 is 5.91 Å². The Bertz CT molecular complexity index is 658. The molecule has 1 aliphatic carbocycles. The van der Waals surface area contributed by atoms with E-state index in [1.165, 1.54) is 5.56 Å². The molecule has 114 valence electrons. The van der Waals surface area contributed by atoms with Crippen LogP contribution in [0.4, 0.5) is 0 Å². The van der Waals surface area contributed by atoms with Gasteiger partial charge in [0.2, 0.25) is 0 Å². The number of nitrogens with zero attached hydrogens (tertiary/aromatic N) is 1. The number of amides is 1. The Morgan fingerprint density at radius 2 is 2.09 bits per heavy atom. The number of fused-ring (bicyclic) bond motifs is 1. The summed E-state index contributed by atoms with van der Waals surface area (Å²) in [4.78, 5) is 15.4. The lowest BCUT2D eigenvalue weighted by atomic mass is 9.88. The molecular weight excluding hydrogens is 280 g/mol. The highest BCUT2D eigenvalue weighted by Gasteiger charge is 2.20. The lowest BCUT2D eigenvalue weighted by molar-refractivity contribution is 0.0319. The number of benzene rings is 1. The summed E-state index contributed by atoms with van der Waals surface area (Å²) >= 11 is 0. The molecule has 1 atom stereocenters. The molecule has 22 heavy (non-hydrogen) atoms. The molecule has 1 aromatic heterocycles. The molecule has 1 amide bonds. The highest BCUT2D eigenvalue weighted by molar-refractivity contribution is 5.93. The minimum absolute atomic E-state index is 0.193. The van der Waals surface area contributed by atoms with Crippen molar-refractivity contribution in [2.24, 2.45) is 0 Å². The summed E-state index contributed by atoms with van der Waals surface area (Å²) in [7, 11) is 0. The van der Waals surface area contributed by atoms with Gasteiger partial charge in [0.25, 0.3) is 5.91 Å². The predicted molar refractivity (Wildman–Crippen MR) is 80.5 cm³/mol. The van der Waals surface area contributed by atoms with E-state index in [2.05, 4.69) is 4.98 Å². The van der Waals surface area contributed by atoms with E-state index in [1.54, 1.807) is 23.9 Å². The van der Waals surface area contributed by atoms with E-state index in [9.17, 15) is 4.79 Å². The molecule has 0 bridgehead atoms. The van der Waals surface area contributed by atoms with Gasteiger partial charge >= 0.3 is 0 Å². The van der Waals surface area contributed by atoms with Gasteiger partial charge < -0.3 is 4.74 Å². The van der Waals surface area contributed by atoms with Crippen LogP contribution in [-0.2, 0) is 24.2 Å². The van der Waals surface area contributed by atoms with E-state index in [-0.39, 0.29) is 6.10 Å². The molecule has 0 saturated heterocycles. The molecule has 0 radical (unpaired) electrons. The Kier molecular flexibility index (Phi) is 4.46. The largest absolute Gasteiger partial charge is 0.373 e. The number of aryl methyl sites for hydroxylation is 1. The Morgan fingerprint density at radius 1 is 1.27 bits per heavy atom. The number of hydrogen-bond donors (Lipinski definition) is 2. The molecule has 0 saturated carbocycles. The van der Waals surface area contributed by atoms with Crippen LogP contribution in [0, 0.1) is 0 Å². The molecule has 1 aromatic carbocycles. The second-order valence-electron chi connectivity index (χ2n) is 5.46. The summed E-state index contributed by atoms with van der Waals surface area (Å²) in [5.41, 5.74) is 5.64. The molecule has 3 rings (SSSR count). The fraction of sp³-hybridized carbons (Fsp3) is 0.294. The standard InChI is InChI=1S/C17H18N2O3/c20-17(19-21)15-2-1-14-10-16(4-3-13(14)9-15)22-11-12-5-7-18-8-6-12/h1-2,5-9,16,21H,3-4,10-11H2,(H,19,20). The average molecular weight is 298 g/mol. The van der Waals surface area contributed by atoms with Crippen LogP contribution in [0.3, 0.4) is 0 Å². The Hall–Kier alpha value is -2.24. The van der Waals surface area contributed by atoms with E-state index < -0.39 is 5.91 Å². The molecule has 5 nitrogen and oxygen atoms in total. The van der Waals surface area contributed by atoms with Gasteiger partial charge in [0, 0.05) is 18.0 Å². The summed E-state index contributed by atoms with van der Waals surface area (Å²) in [6.07, 6.45) is 6.39. The first-order valence-electron chi connectivity index (χ1n) is 7.33. The van der Waals surface area contributed by atoms with E-state index in [4.69, 9.17) is 9.94 Å². The normalized spacial score (nSPS) is 16.9. The Balaban J connectivity index is 1.63. The number of nitrogens with one attached hydrogen (secondary N) is 1. The highest BCUT2D eigenvalue weighted by Crippen LogP contribution is 2.25. The maximum absolute atomic E-state index is 11.4. The zero-order valence-corrected chi connectivity index (χ0v) is 12.2. The summed E-state index contributed by atoms with van der Waals surface area (Å²) in [5, 5.41) is 8.69. The molecule has 2 aromatic rings. The lowest BCUT2D eigenvalue weighted by Gasteiger charge is -2.25. The molecule has 1 heterocycles. The van der Waals surface area contributed by atoms with Crippen LogP contribution in [0.2, 0.25) is 0 Å². The van der Waals surface area contributed by atoms with Crippen LogP contribution < -0.4 is 5.48 Å². The number of rotatable bonds is 4. The van der Waals surface area contributed by atoms with Crippen molar-refractivity contribution in [3.63, 3.8) is 0 Å². The maximum Gasteiger partial charge on any atom is 0.274 e. The Labute approximate surface area is 128 Å². The fourth-order valence-corrected chi connectivity index (χ4v) is 2.76. The fourth-order valence-electron chi connectivity index (χ4n) is 2.76. The molecule has 0 aliphatic heterocycles. The average Bonchev–Trinajstić information content (AvgIpc) is 2.59. The van der Waals surface area contributed by atoms with Gasteiger partial charge in [-0.15, -0.1) is 0 Å². The third kappa shape index (κ3) is 3.32. The van der Waals surface area contributed by atoms with E-state index >= 15 is 0 Å². The SMILES string of the molecule is O=C(NO)c1ccc2c(c1)CCC(OCc1ccncc1)C2. The van der Waals surface area contributed by atoms with Crippen molar-refractivity contribution in [1.82, 2.24) is 10.5 Å². The lowest BCUT2D eigenvalue weighted by Crippen LogP contribution is -2.24. The van der Waals surface area contributed by atoms with Crippen LogP contribution >= 0.6 is 0 Å². The topological polar surface area (TPSA) is 71.5 Å². The second-order valence-corrected chi connectivity index (χ2v) is 5.46. The second kappa shape index (κ2) is 6.68. The molecule has 1 aliphatic rings. The van der Waals surface area contributed by atoms with Crippen molar-refractivity contribution in [3.05, 3.63) is 65.0 Å². The van der Waals surface area contributed by atoms with Crippen LogP contribution in [-0.4, -0.2) is 22.2 Å². The van der Waals surface area contributed by atoms with Gasteiger partial charge in [0.1, 0.15) is 0 Å². The quantitative estimate of drug-likeness (QED) is 0.671. The van der Waals surface area contributed by atoms with Crippen molar-refractivity contribution in [2.75, 3.05) is 0 Å². The third-order valence-electron chi connectivity index (χ3n) is 3.99. The molecular formula is C17H18N2O3. The van der Waals surface area contributed by atoms with Crippen LogP contribution in [0.25, 0.3) is 0 Å². The summed E-state index contributed by atoms with van der Waals surface area (Å²) < 4.78 is 5.98. The van der Waals surface area contributed by atoms with Gasteiger partial charge in [0.05, 0.1) is 12.7 Å². The van der Waals surface area contributed by atoms with Gasteiger partial charge in [-0.1, -0.05) is 6.07 Å². The van der Waals surface area contributed by atoms with Crippen LogP contribution in [0.5, 0.6) is 0 Å². The first kappa shape index (κ1) is 14.7. The van der Waals surface area contributed by atoms with Crippen molar-refractivity contribution < 1.29 is 14.7 Å². The number of pyridine rings is 1. The summed E-state index contributed by atoms with van der Waals surface area (Å²) in [6.45, 7) is 0.591. The van der Waals surface area contributed by atoms with E-state index in [1.807, 2.05) is 24.3 Å². The minimum atomic E-state index is -0.473. The Morgan fingerprint density at radius 3 is 2.86 bits per heavy atom. The maximum atomic E-state index is 11.4. The molecule has 0 fully saturated rings. The number of carbonyl (C=O) groups excluding carboxylic acids is 1. The van der Waals surface area contributed by atoms with Gasteiger partial charge in [-0.05, 0) is 60.2 Å². The molecule has 0 spiro atoms. The van der Waals surface area contributed by atoms with E-state index in [0.29, 0.717) is 12.2 Å². The number of hydrogen-bond acceptors (Lipinski definition) is 4. The zero-order valence-electron chi connectivity index (χ0n) is 12.2. The summed E-state index contributed by atoms with van der Waals surface area (Å²) in [5.74, 6) is -0.473. The number of aromatic nitrogens is 1. The van der Waals surface area contributed by atoms with E-state index in [0.717, 1.165) is 30.4 Å². The highest BCUT2D eigenvalue weighted by atomic mass is 16.5. The number of carbonyl (C=O) groups is 1. The monoisotopic (exact) mass is 298 g/mol. The minimum Gasteiger partial charge on any atom is -0.373 e. The van der Waals surface area contributed by atoms with Gasteiger partial charge in [-0.3, -0.25) is 15.0 Å². The molecule has 1 unspecified atom stereocenters.